The summed E-state index contributed by atoms with van der Waals surface area (Å²) in [6.45, 7) is 6.04. The van der Waals surface area contributed by atoms with Crippen LogP contribution in [0, 0.1) is 5.92 Å². The lowest BCUT2D eigenvalue weighted by Gasteiger charge is -2.39. The number of carbonyl (C=O) groups excluding carboxylic acids is 2. The molecule has 0 unspecified atom stereocenters. The summed E-state index contributed by atoms with van der Waals surface area (Å²) in [5, 5.41) is 15.2. The molecule has 0 heterocycles. The molecule has 8 nitrogen and oxygen atoms in total. The van der Waals surface area contributed by atoms with Crippen LogP contribution in [-0.4, -0.2) is 47.6 Å². The molecule has 1 fully saturated rings. The van der Waals surface area contributed by atoms with Gasteiger partial charge < -0.3 is 25.2 Å². The van der Waals surface area contributed by atoms with E-state index >= 15 is 0 Å². The highest BCUT2D eigenvalue weighted by atomic mass is 16.6. The van der Waals surface area contributed by atoms with E-state index in [0.29, 0.717) is 32.2 Å². The summed E-state index contributed by atoms with van der Waals surface area (Å²) in [4.78, 5) is 36.5. The van der Waals surface area contributed by atoms with E-state index in [4.69, 9.17) is 9.47 Å². The number of rotatable bonds is 7. The molecule has 3 N–H and O–H groups in total. The molecule has 0 aromatic heterocycles. The van der Waals surface area contributed by atoms with Crippen LogP contribution in [0.1, 0.15) is 69.9 Å². The summed E-state index contributed by atoms with van der Waals surface area (Å²) >= 11 is 0. The van der Waals surface area contributed by atoms with Crippen molar-refractivity contribution in [3.05, 3.63) is 59.7 Å². The Morgan fingerprint density at radius 2 is 1.51 bits per heavy atom. The van der Waals surface area contributed by atoms with Gasteiger partial charge in [0.05, 0.1) is 12.0 Å². The maximum atomic E-state index is 12.9. The average molecular weight is 509 g/mol. The molecule has 2 aliphatic carbocycles. The number of hydrogen-bond acceptors (Lipinski definition) is 5. The van der Waals surface area contributed by atoms with Crippen LogP contribution in [0.4, 0.5) is 9.59 Å². The minimum Gasteiger partial charge on any atom is -0.481 e. The predicted molar refractivity (Wildman–Crippen MR) is 139 cm³/mol. The number of ether oxygens (including phenoxy) is 2. The highest BCUT2D eigenvalue weighted by molar-refractivity contribution is 5.79. The minimum absolute atomic E-state index is 0.0664. The predicted octanol–water partition coefficient (Wildman–Crippen LogP) is 5.45. The van der Waals surface area contributed by atoms with E-state index in [-0.39, 0.29) is 24.9 Å². The van der Waals surface area contributed by atoms with Gasteiger partial charge in [-0.1, -0.05) is 48.5 Å². The number of carbonyl (C=O) groups is 3. The third kappa shape index (κ3) is 6.61. The number of aliphatic carboxylic acids is 1. The monoisotopic (exact) mass is 508 g/mol. The molecular weight excluding hydrogens is 472 g/mol. The van der Waals surface area contributed by atoms with Gasteiger partial charge in [0.2, 0.25) is 0 Å². The van der Waals surface area contributed by atoms with Crippen molar-refractivity contribution in [1.82, 2.24) is 10.6 Å². The number of fused-ring (bicyclic) bond motifs is 3. The van der Waals surface area contributed by atoms with Crippen LogP contribution in [0.25, 0.3) is 11.1 Å². The van der Waals surface area contributed by atoms with Gasteiger partial charge in [0, 0.05) is 12.5 Å². The molecule has 37 heavy (non-hydrogen) atoms. The van der Waals surface area contributed by atoms with Gasteiger partial charge in [0.1, 0.15) is 12.2 Å². The van der Waals surface area contributed by atoms with Gasteiger partial charge in [-0.05, 0) is 74.6 Å². The van der Waals surface area contributed by atoms with Gasteiger partial charge in [-0.25, -0.2) is 9.59 Å². The first-order valence-corrected chi connectivity index (χ1v) is 12.9. The lowest BCUT2D eigenvalue weighted by Crippen LogP contribution is -2.53. The largest absolute Gasteiger partial charge is 0.481 e. The Morgan fingerprint density at radius 1 is 0.946 bits per heavy atom. The number of carboxylic acids is 1. The fraction of sp³-hybridized carbons (Fsp3) is 0.483. The van der Waals surface area contributed by atoms with Crippen LogP contribution in [0.2, 0.25) is 0 Å². The van der Waals surface area contributed by atoms with Gasteiger partial charge in [0.25, 0.3) is 0 Å². The lowest BCUT2D eigenvalue weighted by molar-refractivity contribution is -0.139. The molecule has 2 amide bonds. The zero-order valence-corrected chi connectivity index (χ0v) is 21.7. The van der Waals surface area contributed by atoms with Crippen molar-refractivity contribution >= 4 is 18.2 Å². The number of hydrogen-bond donors (Lipinski definition) is 3. The van der Waals surface area contributed by atoms with Gasteiger partial charge >= 0.3 is 18.2 Å². The van der Waals surface area contributed by atoms with Crippen molar-refractivity contribution in [3.63, 3.8) is 0 Å². The van der Waals surface area contributed by atoms with Gasteiger partial charge in [-0.2, -0.15) is 0 Å². The Morgan fingerprint density at radius 3 is 2.05 bits per heavy atom. The summed E-state index contributed by atoms with van der Waals surface area (Å²) in [5.74, 6) is -0.855. The van der Waals surface area contributed by atoms with Crippen LogP contribution in [0.5, 0.6) is 0 Å². The number of nitrogens with one attached hydrogen (secondary N) is 2. The number of amides is 2. The first-order valence-electron chi connectivity index (χ1n) is 12.9. The molecule has 0 atom stereocenters. The Balaban J connectivity index is 1.34. The van der Waals surface area contributed by atoms with Gasteiger partial charge in [0.15, 0.2) is 0 Å². The topological polar surface area (TPSA) is 114 Å². The lowest BCUT2D eigenvalue weighted by atomic mass is 9.74. The zero-order valence-electron chi connectivity index (χ0n) is 21.7. The smallest absolute Gasteiger partial charge is 0.407 e. The third-order valence-corrected chi connectivity index (χ3v) is 7.20. The van der Waals surface area contributed by atoms with Gasteiger partial charge in [-0.15, -0.1) is 0 Å². The number of benzene rings is 2. The molecule has 2 aromatic carbocycles. The molecule has 8 heteroatoms. The van der Waals surface area contributed by atoms with E-state index in [0.717, 1.165) is 22.3 Å². The van der Waals surface area contributed by atoms with E-state index < -0.39 is 29.3 Å². The molecule has 198 valence electrons. The normalized spacial score (nSPS) is 20.9. The van der Waals surface area contributed by atoms with Crippen LogP contribution >= 0.6 is 0 Å². The Bertz CT molecular complexity index is 1100. The van der Waals surface area contributed by atoms with E-state index in [9.17, 15) is 19.5 Å². The summed E-state index contributed by atoms with van der Waals surface area (Å²) in [6.07, 6.45) is 1.08. The Labute approximate surface area is 217 Å². The second-order valence-electron chi connectivity index (χ2n) is 11.1. The van der Waals surface area contributed by atoms with E-state index in [1.54, 1.807) is 0 Å². The molecule has 1 saturated carbocycles. The van der Waals surface area contributed by atoms with E-state index in [1.165, 1.54) is 0 Å². The molecule has 2 aromatic rings. The fourth-order valence-electron chi connectivity index (χ4n) is 5.46. The van der Waals surface area contributed by atoms with Crippen LogP contribution in [0.3, 0.4) is 0 Å². The molecule has 0 spiro atoms. The zero-order chi connectivity index (χ0) is 26.6. The fourth-order valence-corrected chi connectivity index (χ4v) is 5.46. The quantitative estimate of drug-likeness (QED) is 0.458. The van der Waals surface area contributed by atoms with E-state index in [1.807, 2.05) is 45.0 Å². The molecule has 4 rings (SSSR count). The van der Waals surface area contributed by atoms with Gasteiger partial charge in [-0.3, -0.25) is 4.79 Å². The molecule has 0 aliphatic heterocycles. The molecular formula is C29H36N2O6. The molecule has 0 radical (unpaired) electrons. The maximum absolute atomic E-state index is 12.9. The van der Waals surface area contributed by atoms with E-state index in [2.05, 4.69) is 34.9 Å². The molecule has 0 saturated heterocycles. The van der Waals surface area contributed by atoms with Crippen molar-refractivity contribution in [1.29, 1.82) is 0 Å². The maximum Gasteiger partial charge on any atom is 0.407 e. The van der Waals surface area contributed by atoms with Crippen molar-refractivity contribution in [2.75, 3.05) is 13.2 Å². The summed E-state index contributed by atoms with van der Waals surface area (Å²) in [5.41, 5.74) is 3.09. The first kappa shape index (κ1) is 26.5. The van der Waals surface area contributed by atoms with Crippen LogP contribution in [0.15, 0.2) is 48.5 Å². The van der Waals surface area contributed by atoms with Crippen LogP contribution in [-0.2, 0) is 14.3 Å². The van der Waals surface area contributed by atoms with Crippen molar-refractivity contribution in [2.45, 2.75) is 69.9 Å². The SMILES string of the molecule is CC(C)(C)OC(=O)NCC1CCC(CC(=O)O)(NC(=O)OCC2c3ccccc3-c3ccccc32)CC1. The number of carboxylic acid groups (broad SMARTS) is 1. The standard InChI is InChI=1S/C29H36N2O6/c1-28(2,3)37-26(34)30-17-19-12-14-29(15-13-19,16-25(32)33)31-27(35)36-18-24-22-10-6-4-8-20(22)21-9-5-7-11-23(21)24/h4-11,19,24H,12-18H2,1-3H3,(H,30,34)(H,31,35)(H,32,33). The minimum atomic E-state index is -0.968. The summed E-state index contributed by atoms with van der Waals surface area (Å²) in [7, 11) is 0. The van der Waals surface area contributed by atoms with Crippen LogP contribution < -0.4 is 10.6 Å². The Hall–Kier alpha value is -3.55. The van der Waals surface area contributed by atoms with Crippen molar-refractivity contribution in [2.24, 2.45) is 5.92 Å². The molecule has 0 bridgehead atoms. The molecule has 2 aliphatic rings. The average Bonchev–Trinajstić information content (AvgIpc) is 3.15. The summed E-state index contributed by atoms with van der Waals surface area (Å²) in [6, 6.07) is 16.2. The Kier molecular flexibility index (Phi) is 7.76. The van der Waals surface area contributed by atoms with Crippen molar-refractivity contribution < 1.29 is 29.0 Å². The highest BCUT2D eigenvalue weighted by Gasteiger charge is 2.39. The first-order chi connectivity index (χ1) is 17.6. The highest BCUT2D eigenvalue weighted by Crippen LogP contribution is 2.44. The summed E-state index contributed by atoms with van der Waals surface area (Å²) < 4.78 is 11.0. The second kappa shape index (κ2) is 10.8. The van der Waals surface area contributed by atoms with Crippen molar-refractivity contribution in [3.8, 4) is 11.1 Å². The second-order valence-corrected chi connectivity index (χ2v) is 11.1. The number of alkyl carbamates (subject to hydrolysis) is 2. The third-order valence-electron chi connectivity index (χ3n) is 7.20.